The summed E-state index contributed by atoms with van der Waals surface area (Å²) in [6.45, 7) is 1.71. The lowest BCUT2D eigenvalue weighted by molar-refractivity contribution is -0.0992. The lowest BCUT2D eigenvalue weighted by Crippen LogP contribution is -2.29. The van der Waals surface area contributed by atoms with Crippen molar-refractivity contribution >= 4 is 5.82 Å². The van der Waals surface area contributed by atoms with Gasteiger partial charge in [0, 0.05) is 11.8 Å². The molecule has 0 saturated carbocycles. The monoisotopic (exact) mass is 227 g/mol. The van der Waals surface area contributed by atoms with Crippen LogP contribution in [0.3, 0.4) is 0 Å². The van der Waals surface area contributed by atoms with Crippen LogP contribution in [0.1, 0.15) is 11.8 Å². The number of rotatable bonds is 2. The Morgan fingerprint density at radius 2 is 2.50 bits per heavy atom. The van der Waals surface area contributed by atoms with Crippen molar-refractivity contribution in [2.24, 2.45) is 0 Å². The molecule has 0 aliphatic carbocycles. The first-order valence-electron chi connectivity index (χ1n) is 4.85. The highest BCUT2D eigenvalue weighted by Gasteiger charge is 2.27. The zero-order chi connectivity index (χ0) is 11.7. The SMILES string of the molecule is Cc1cn([C@H]2CO[C@@H](CO)O2)c(=O)nc1N. The van der Waals surface area contributed by atoms with Gasteiger partial charge in [0.05, 0.1) is 13.2 Å². The number of nitrogens with zero attached hydrogens (tertiary/aromatic N) is 2. The Balaban J connectivity index is 2.28. The van der Waals surface area contributed by atoms with Crippen LogP contribution in [-0.2, 0) is 9.47 Å². The number of aryl methyl sites for hydroxylation is 1. The molecular formula is C9H13N3O4. The quantitative estimate of drug-likeness (QED) is 0.672. The maximum atomic E-state index is 11.5. The van der Waals surface area contributed by atoms with Gasteiger partial charge in [-0.25, -0.2) is 4.79 Å². The van der Waals surface area contributed by atoms with Crippen LogP contribution in [0.4, 0.5) is 5.82 Å². The molecule has 0 radical (unpaired) electrons. The van der Waals surface area contributed by atoms with Gasteiger partial charge in [-0.05, 0) is 6.92 Å². The summed E-state index contributed by atoms with van der Waals surface area (Å²) in [6.07, 6.45) is 0.324. The van der Waals surface area contributed by atoms with Crippen LogP contribution >= 0.6 is 0 Å². The van der Waals surface area contributed by atoms with Crippen molar-refractivity contribution in [3.05, 3.63) is 22.2 Å². The first-order valence-corrected chi connectivity index (χ1v) is 4.85. The number of aliphatic hydroxyl groups is 1. The van der Waals surface area contributed by atoms with Gasteiger partial charge in [-0.1, -0.05) is 0 Å². The van der Waals surface area contributed by atoms with E-state index < -0.39 is 18.2 Å². The topological polar surface area (TPSA) is 99.6 Å². The molecule has 1 saturated heterocycles. The normalized spacial score (nSPS) is 24.9. The van der Waals surface area contributed by atoms with Gasteiger partial charge >= 0.3 is 5.69 Å². The molecule has 2 heterocycles. The largest absolute Gasteiger partial charge is 0.391 e. The Labute approximate surface area is 91.4 Å². The van der Waals surface area contributed by atoms with E-state index >= 15 is 0 Å². The van der Waals surface area contributed by atoms with Crippen molar-refractivity contribution in [2.45, 2.75) is 19.4 Å². The number of nitrogen functional groups attached to an aromatic ring is 1. The fourth-order valence-corrected chi connectivity index (χ4v) is 1.47. The lowest BCUT2D eigenvalue weighted by Gasteiger charge is -2.13. The second-order valence-electron chi connectivity index (χ2n) is 3.54. The van der Waals surface area contributed by atoms with Gasteiger partial charge in [0.25, 0.3) is 0 Å². The van der Waals surface area contributed by atoms with Crippen molar-refractivity contribution in [3.8, 4) is 0 Å². The minimum Gasteiger partial charge on any atom is -0.391 e. The molecular weight excluding hydrogens is 214 g/mol. The highest BCUT2D eigenvalue weighted by Crippen LogP contribution is 2.19. The molecule has 16 heavy (non-hydrogen) atoms. The predicted molar refractivity (Wildman–Crippen MR) is 54.6 cm³/mol. The number of aromatic nitrogens is 2. The van der Waals surface area contributed by atoms with E-state index in [-0.39, 0.29) is 19.0 Å². The van der Waals surface area contributed by atoms with Crippen molar-refractivity contribution in [1.82, 2.24) is 9.55 Å². The van der Waals surface area contributed by atoms with E-state index in [1.165, 1.54) is 4.57 Å². The molecule has 1 fully saturated rings. The molecule has 3 N–H and O–H groups in total. The van der Waals surface area contributed by atoms with Crippen LogP contribution in [0.25, 0.3) is 0 Å². The first-order chi connectivity index (χ1) is 7.61. The second kappa shape index (κ2) is 4.20. The average molecular weight is 227 g/mol. The van der Waals surface area contributed by atoms with Crippen molar-refractivity contribution in [3.63, 3.8) is 0 Å². The van der Waals surface area contributed by atoms with E-state index in [1.807, 2.05) is 0 Å². The summed E-state index contributed by atoms with van der Waals surface area (Å²) >= 11 is 0. The molecule has 1 aromatic rings. The predicted octanol–water partition coefficient (Wildman–Crippen LogP) is -1.00. The molecule has 7 heteroatoms. The maximum absolute atomic E-state index is 11.5. The van der Waals surface area contributed by atoms with Crippen LogP contribution in [0, 0.1) is 6.92 Å². The molecule has 0 unspecified atom stereocenters. The summed E-state index contributed by atoms with van der Waals surface area (Å²) in [6, 6.07) is 0. The summed E-state index contributed by atoms with van der Waals surface area (Å²) in [7, 11) is 0. The Morgan fingerprint density at radius 1 is 1.75 bits per heavy atom. The van der Waals surface area contributed by atoms with E-state index in [0.29, 0.717) is 5.56 Å². The van der Waals surface area contributed by atoms with Gasteiger partial charge in [-0.15, -0.1) is 0 Å². The van der Waals surface area contributed by atoms with Crippen molar-refractivity contribution in [1.29, 1.82) is 0 Å². The number of ether oxygens (including phenoxy) is 2. The molecule has 2 atom stereocenters. The van der Waals surface area contributed by atoms with Crippen LogP contribution in [0.15, 0.2) is 11.0 Å². The molecule has 0 bridgehead atoms. The Bertz CT molecular complexity index is 445. The number of nitrogens with two attached hydrogens (primary N) is 1. The molecule has 7 nitrogen and oxygen atoms in total. The molecule has 88 valence electrons. The Morgan fingerprint density at radius 3 is 3.12 bits per heavy atom. The molecule has 0 spiro atoms. The van der Waals surface area contributed by atoms with Gasteiger partial charge < -0.3 is 20.3 Å². The van der Waals surface area contributed by atoms with E-state index in [0.717, 1.165) is 0 Å². The van der Waals surface area contributed by atoms with Crippen LogP contribution in [-0.4, -0.2) is 34.2 Å². The van der Waals surface area contributed by atoms with E-state index in [9.17, 15) is 4.79 Å². The number of aliphatic hydroxyl groups excluding tert-OH is 1. The third-order valence-electron chi connectivity index (χ3n) is 2.37. The van der Waals surface area contributed by atoms with E-state index in [1.54, 1.807) is 13.1 Å². The summed E-state index contributed by atoms with van der Waals surface area (Å²) in [5.41, 5.74) is 5.71. The fraction of sp³-hybridized carbons (Fsp3) is 0.556. The Kier molecular flexibility index (Phi) is 2.90. The van der Waals surface area contributed by atoms with Gasteiger partial charge in [-0.3, -0.25) is 4.57 Å². The fourth-order valence-electron chi connectivity index (χ4n) is 1.47. The van der Waals surface area contributed by atoms with Crippen LogP contribution in [0.2, 0.25) is 0 Å². The van der Waals surface area contributed by atoms with Gasteiger partial charge in [-0.2, -0.15) is 4.98 Å². The molecule has 1 aliphatic heterocycles. The van der Waals surface area contributed by atoms with Crippen LogP contribution < -0.4 is 11.4 Å². The highest BCUT2D eigenvalue weighted by atomic mass is 16.7. The minimum absolute atomic E-state index is 0.205. The van der Waals surface area contributed by atoms with Crippen LogP contribution in [0.5, 0.6) is 0 Å². The molecule has 1 aromatic heterocycles. The highest BCUT2D eigenvalue weighted by molar-refractivity contribution is 5.35. The molecule has 1 aliphatic rings. The Hall–Kier alpha value is -1.44. The third kappa shape index (κ3) is 1.92. The smallest absolute Gasteiger partial charge is 0.351 e. The summed E-state index contributed by atoms with van der Waals surface area (Å²) in [4.78, 5) is 15.2. The standard InChI is InChI=1S/C9H13N3O4/c1-5-2-12(9(14)11-8(5)10)6-4-15-7(3-13)16-6/h2,6-7,13H,3-4H2,1H3,(H2,10,11,14)/t6-,7-/m1/s1. The zero-order valence-corrected chi connectivity index (χ0v) is 8.79. The van der Waals surface area contributed by atoms with Gasteiger partial charge in [0.1, 0.15) is 5.82 Å². The first kappa shape index (κ1) is 11.1. The average Bonchev–Trinajstić information content (AvgIpc) is 2.71. The molecule has 0 amide bonds. The summed E-state index contributed by atoms with van der Waals surface area (Å²) < 4.78 is 11.7. The lowest BCUT2D eigenvalue weighted by atomic mass is 10.3. The number of anilines is 1. The van der Waals surface area contributed by atoms with Gasteiger partial charge in [0.15, 0.2) is 12.5 Å². The second-order valence-corrected chi connectivity index (χ2v) is 3.54. The summed E-state index contributed by atoms with van der Waals surface area (Å²) in [5, 5.41) is 8.83. The third-order valence-corrected chi connectivity index (χ3v) is 2.37. The molecule has 2 rings (SSSR count). The van der Waals surface area contributed by atoms with Crippen molar-refractivity contribution in [2.75, 3.05) is 18.9 Å². The van der Waals surface area contributed by atoms with E-state index in [2.05, 4.69) is 4.98 Å². The number of hydrogen-bond donors (Lipinski definition) is 2. The van der Waals surface area contributed by atoms with E-state index in [4.69, 9.17) is 20.3 Å². The zero-order valence-electron chi connectivity index (χ0n) is 8.79. The van der Waals surface area contributed by atoms with Gasteiger partial charge in [0.2, 0.25) is 0 Å². The number of hydrogen-bond acceptors (Lipinski definition) is 6. The molecule has 0 aromatic carbocycles. The van der Waals surface area contributed by atoms with Crippen molar-refractivity contribution < 1.29 is 14.6 Å². The maximum Gasteiger partial charge on any atom is 0.351 e. The minimum atomic E-state index is -0.685. The summed E-state index contributed by atoms with van der Waals surface area (Å²) in [5.74, 6) is 0.207.